The van der Waals surface area contributed by atoms with Crippen LogP contribution in [-0.2, 0) is 6.42 Å². The van der Waals surface area contributed by atoms with Gasteiger partial charge in [-0.3, -0.25) is 0 Å². The van der Waals surface area contributed by atoms with Crippen LogP contribution < -0.4 is 0 Å². The number of imidazole rings is 1. The highest BCUT2D eigenvalue weighted by atomic mass is 32.1. The topological polar surface area (TPSA) is 54.0 Å². The second-order valence-corrected chi connectivity index (χ2v) is 6.68. The number of rotatable bonds is 4. The van der Waals surface area contributed by atoms with Gasteiger partial charge in [0, 0.05) is 12.0 Å². The maximum atomic E-state index is 9.50. The zero-order valence-corrected chi connectivity index (χ0v) is 13.8. The minimum atomic E-state index is 0.494. The van der Waals surface area contributed by atoms with E-state index in [1.54, 1.807) is 15.9 Å². The molecule has 2 heterocycles. The molecular formula is C17H18N4S. The van der Waals surface area contributed by atoms with Gasteiger partial charge in [0.15, 0.2) is 5.69 Å². The lowest BCUT2D eigenvalue weighted by molar-refractivity contribution is 0.843. The first-order valence-electron chi connectivity index (χ1n) is 7.53. The number of aryl methyl sites for hydroxylation is 1. The van der Waals surface area contributed by atoms with Crippen molar-refractivity contribution in [3.63, 3.8) is 0 Å². The van der Waals surface area contributed by atoms with Crippen molar-refractivity contribution in [3.05, 3.63) is 40.5 Å². The molecule has 0 atom stereocenters. The summed E-state index contributed by atoms with van der Waals surface area (Å²) in [5.41, 5.74) is 3.49. The van der Waals surface area contributed by atoms with Crippen LogP contribution in [0.15, 0.2) is 24.3 Å². The van der Waals surface area contributed by atoms with Crippen LogP contribution in [0, 0.1) is 11.3 Å². The molecule has 4 nitrogen and oxygen atoms in total. The molecule has 0 aliphatic heterocycles. The maximum Gasteiger partial charge on any atom is 0.214 e. The van der Waals surface area contributed by atoms with Crippen molar-refractivity contribution in [3.8, 4) is 17.3 Å². The molecule has 0 aliphatic carbocycles. The van der Waals surface area contributed by atoms with Gasteiger partial charge in [0.1, 0.15) is 16.8 Å². The van der Waals surface area contributed by atoms with Crippen LogP contribution in [0.2, 0.25) is 0 Å². The van der Waals surface area contributed by atoms with Crippen molar-refractivity contribution in [1.82, 2.24) is 14.6 Å². The Kier molecular flexibility index (Phi) is 3.95. The van der Waals surface area contributed by atoms with Gasteiger partial charge in [0.05, 0.1) is 0 Å². The second kappa shape index (κ2) is 5.90. The van der Waals surface area contributed by atoms with Gasteiger partial charge in [-0.1, -0.05) is 56.4 Å². The van der Waals surface area contributed by atoms with Crippen LogP contribution >= 0.6 is 11.3 Å². The van der Waals surface area contributed by atoms with E-state index in [-0.39, 0.29) is 0 Å². The third-order valence-electron chi connectivity index (χ3n) is 3.67. The molecular weight excluding hydrogens is 292 g/mol. The Morgan fingerprint density at radius 2 is 2.00 bits per heavy atom. The Balaban J connectivity index is 2.07. The standard InChI is InChI=1S/C17H18N4S/c1-4-5-15-20-21-14(10-18)16(19-17(21)22-15)13-8-6-12(7-9-13)11(2)3/h6-9,11H,4-5H2,1-3H3. The van der Waals surface area contributed by atoms with Gasteiger partial charge in [-0.2, -0.15) is 14.9 Å². The van der Waals surface area contributed by atoms with Crippen molar-refractivity contribution in [2.75, 3.05) is 0 Å². The Morgan fingerprint density at radius 3 is 2.59 bits per heavy atom. The molecule has 0 bridgehead atoms. The molecule has 0 aliphatic rings. The summed E-state index contributed by atoms with van der Waals surface area (Å²) in [6, 6.07) is 10.5. The molecule has 2 aromatic heterocycles. The number of nitriles is 1. The summed E-state index contributed by atoms with van der Waals surface area (Å²) in [4.78, 5) is 5.42. The van der Waals surface area contributed by atoms with Crippen LogP contribution in [0.5, 0.6) is 0 Å². The molecule has 5 heteroatoms. The van der Waals surface area contributed by atoms with Crippen molar-refractivity contribution in [1.29, 1.82) is 5.26 Å². The fraction of sp³-hybridized carbons (Fsp3) is 0.353. The molecule has 22 heavy (non-hydrogen) atoms. The Labute approximate surface area is 134 Å². The van der Waals surface area contributed by atoms with Crippen LogP contribution in [-0.4, -0.2) is 14.6 Å². The van der Waals surface area contributed by atoms with E-state index in [9.17, 15) is 5.26 Å². The molecule has 0 fully saturated rings. The third kappa shape index (κ3) is 2.51. The molecule has 0 N–H and O–H groups in total. The van der Waals surface area contributed by atoms with Crippen molar-refractivity contribution in [2.24, 2.45) is 0 Å². The number of hydrogen-bond acceptors (Lipinski definition) is 4. The number of hydrogen-bond donors (Lipinski definition) is 0. The van der Waals surface area contributed by atoms with Crippen molar-refractivity contribution < 1.29 is 0 Å². The van der Waals surface area contributed by atoms with E-state index >= 15 is 0 Å². The maximum absolute atomic E-state index is 9.50. The van der Waals surface area contributed by atoms with E-state index < -0.39 is 0 Å². The summed E-state index contributed by atoms with van der Waals surface area (Å²) in [5.74, 6) is 0.494. The number of nitrogens with zero attached hydrogens (tertiary/aromatic N) is 4. The van der Waals surface area contributed by atoms with E-state index in [0.29, 0.717) is 11.6 Å². The summed E-state index contributed by atoms with van der Waals surface area (Å²) in [5, 5.41) is 15.0. The van der Waals surface area contributed by atoms with Crippen LogP contribution in [0.25, 0.3) is 16.2 Å². The van der Waals surface area contributed by atoms with Gasteiger partial charge in [0.25, 0.3) is 0 Å². The summed E-state index contributed by atoms with van der Waals surface area (Å²) < 4.78 is 1.68. The highest BCUT2D eigenvalue weighted by molar-refractivity contribution is 7.16. The fourth-order valence-corrected chi connectivity index (χ4v) is 3.43. The molecule has 0 unspecified atom stereocenters. The van der Waals surface area contributed by atoms with Crippen molar-refractivity contribution >= 4 is 16.3 Å². The fourth-order valence-electron chi connectivity index (χ4n) is 2.43. The average Bonchev–Trinajstić information content (AvgIpc) is 3.04. The SMILES string of the molecule is CCCc1nn2c(C#N)c(-c3ccc(C(C)C)cc3)nc2s1. The van der Waals surface area contributed by atoms with Gasteiger partial charge < -0.3 is 0 Å². The largest absolute Gasteiger partial charge is 0.216 e. The monoisotopic (exact) mass is 310 g/mol. The zero-order chi connectivity index (χ0) is 15.7. The lowest BCUT2D eigenvalue weighted by Crippen LogP contribution is -1.93. The first-order valence-corrected chi connectivity index (χ1v) is 8.34. The highest BCUT2D eigenvalue weighted by Crippen LogP contribution is 2.28. The zero-order valence-electron chi connectivity index (χ0n) is 13.0. The molecule has 1 aromatic carbocycles. The number of fused-ring (bicyclic) bond motifs is 1. The summed E-state index contributed by atoms with van der Waals surface area (Å²) in [7, 11) is 0. The van der Waals surface area contributed by atoms with E-state index in [1.807, 2.05) is 12.1 Å². The Morgan fingerprint density at radius 1 is 1.27 bits per heavy atom. The lowest BCUT2D eigenvalue weighted by atomic mass is 10.0. The first-order chi connectivity index (χ1) is 10.6. The summed E-state index contributed by atoms with van der Waals surface area (Å²) in [6.07, 6.45) is 1.97. The molecule has 3 aromatic rings. The minimum Gasteiger partial charge on any atom is -0.216 e. The van der Waals surface area contributed by atoms with Gasteiger partial charge in [-0.05, 0) is 17.9 Å². The van der Waals surface area contributed by atoms with Crippen molar-refractivity contribution in [2.45, 2.75) is 39.5 Å². The van der Waals surface area contributed by atoms with Gasteiger partial charge in [-0.25, -0.2) is 4.98 Å². The average molecular weight is 310 g/mol. The van der Waals surface area contributed by atoms with Crippen LogP contribution in [0.4, 0.5) is 0 Å². The van der Waals surface area contributed by atoms with E-state index in [1.165, 1.54) is 5.56 Å². The van der Waals surface area contributed by atoms with Gasteiger partial charge >= 0.3 is 0 Å². The summed E-state index contributed by atoms with van der Waals surface area (Å²) in [6.45, 7) is 6.46. The van der Waals surface area contributed by atoms with Crippen LogP contribution in [0.1, 0.15) is 49.4 Å². The molecule has 0 amide bonds. The van der Waals surface area contributed by atoms with E-state index in [4.69, 9.17) is 0 Å². The minimum absolute atomic E-state index is 0.494. The molecule has 112 valence electrons. The quantitative estimate of drug-likeness (QED) is 0.717. The van der Waals surface area contributed by atoms with Crippen LogP contribution in [0.3, 0.4) is 0 Å². The second-order valence-electron chi connectivity index (χ2n) is 5.64. The molecule has 0 saturated carbocycles. The number of aromatic nitrogens is 3. The Bertz CT molecular complexity index is 834. The Hall–Kier alpha value is -2.19. The predicted molar refractivity (Wildman–Crippen MR) is 89.1 cm³/mol. The van der Waals surface area contributed by atoms with E-state index in [2.05, 4.69) is 49.1 Å². The first kappa shape index (κ1) is 14.7. The highest BCUT2D eigenvalue weighted by Gasteiger charge is 2.17. The normalized spacial score (nSPS) is 11.2. The molecule has 0 radical (unpaired) electrons. The third-order valence-corrected chi connectivity index (χ3v) is 4.63. The summed E-state index contributed by atoms with van der Waals surface area (Å²) >= 11 is 1.56. The van der Waals surface area contributed by atoms with E-state index in [0.717, 1.165) is 34.1 Å². The molecule has 3 rings (SSSR count). The predicted octanol–water partition coefficient (Wildman–Crippen LogP) is 4.41. The van der Waals surface area contributed by atoms with Gasteiger partial charge in [-0.15, -0.1) is 0 Å². The smallest absolute Gasteiger partial charge is 0.214 e. The molecule has 0 spiro atoms. The lowest BCUT2D eigenvalue weighted by Gasteiger charge is -2.05. The van der Waals surface area contributed by atoms with Gasteiger partial charge in [0.2, 0.25) is 4.96 Å². The number of benzene rings is 1. The molecule has 0 saturated heterocycles.